The third kappa shape index (κ3) is 2.38. The van der Waals surface area contributed by atoms with E-state index in [1.807, 2.05) is 12.1 Å². The first kappa shape index (κ1) is 12.7. The van der Waals surface area contributed by atoms with Gasteiger partial charge in [0.25, 0.3) is 0 Å². The number of nitrogens with one attached hydrogen (secondary N) is 1. The molecule has 3 rings (SSSR count). The van der Waals surface area contributed by atoms with E-state index in [-0.39, 0.29) is 5.02 Å². The number of nitrogen functional groups attached to an aromatic ring is 1. The second-order valence-electron chi connectivity index (χ2n) is 4.39. The SMILES string of the molecule is Nc1ccc2c(Nc3ccc(Cl)c(F)c3)ccnc2c1. The van der Waals surface area contributed by atoms with Crippen LogP contribution in [0.3, 0.4) is 0 Å². The van der Waals surface area contributed by atoms with Gasteiger partial charge in [0, 0.05) is 28.6 Å². The number of nitrogens with two attached hydrogens (primary N) is 1. The van der Waals surface area contributed by atoms with Gasteiger partial charge in [-0.1, -0.05) is 11.6 Å². The first-order valence-corrected chi connectivity index (χ1v) is 6.37. The molecule has 0 saturated carbocycles. The smallest absolute Gasteiger partial charge is 0.143 e. The topological polar surface area (TPSA) is 50.9 Å². The molecule has 0 spiro atoms. The second kappa shape index (κ2) is 4.98. The summed E-state index contributed by atoms with van der Waals surface area (Å²) in [6.45, 7) is 0. The number of fused-ring (bicyclic) bond motifs is 1. The average molecular weight is 288 g/mol. The fraction of sp³-hybridized carbons (Fsp3) is 0. The molecule has 0 aliphatic heterocycles. The van der Waals surface area contributed by atoms with E-state index >= 15 is 0 Å². The van der Waals surface area contributed by atoms with Gasteiger partial charge < -0.3 is 11.1 Å². The van der Waals surface area contributed by atoms with E-state index in [9.17, 15) is 4.39 Å². The van der Waals surface area contributed by atoms with Crippen molar-refractivity contribution < 1.29 is 4.39 Å². The molecule has 3 N–H and O–H groups in total. The molecule has 0 aliphatic carbocycles. The summed E-state index contributed by atoms with van der Waals surface area (Å²) in [6, 6.07) is 11.9. The Morgan fingerprint density at radius 2 is 1.95 bits per heavy atom. The molecule has 0 bridgehead atoms. The van der Waals surface area contributed by atoms with Crippen molar-refractivity contribution in [3.05, 3.63) is 59.5 Å². The molecule has 0 radical (unpaired) electrons. The number of anilines is 3. The van der Waals surface area contributed by atoms with Crippen LogP contribution in [0.25, 0.3) is 10.9 Å². The Hall–Kier alpha value is -2.33. The molecule has 0 atom stereocenters. The molecular formula is C15H11ClFN3. The summed E-state index contributed by atoms with van der Waals surface area (Å²) in [5.74, 6) is -0.459. The molecule has 2 aromatic carbocycles. The van der Waals surface area contributed by atoms with Crippen LogP contribution in [0.4, 0.5) is 21.5 Å². The summed E-state index contributed by atoms with van der Waals surface area (Å²) >= 11 is 5.67. The van der Waals surface area contributed by atoms with Crippen LogP contribution in [-0.4, -0.2) is 4.98 Å². The van der Waals surface area contributed by atoms with Gasteiger partial charge in [0.1, 0.15) is 5.82 Å². The lowest BCUT2D eigenvalue weighted by Gasteiger charge is -2.10. The maximum atomic E-state index is 13.4. The van der Waals surface area contributed by atoms with Gasteiger partial charge in [-0.05, 0) is 42.5 Å². The van der Waals surface area contributed by atoms with E-state index in [2.05, 4.69) is 10.3 Å². The molecule has 1 heterocycles. The number of hydrogen-bond acceptors (Lipinski definition) is 3. The molecule has 1 aromatic heterocycles. The highest BCUT2D eigenvalue weighted by molar-refractivity contribution is 6.30. The molecule has 100 valence electrons. The monoisotopic (exact) mass is 287 g/mol. The number of pyridine rings is 1. The predicted octanol–water partition coefficient (Wildman–Crippen LogP) is 4.35. The minimum Gasteiger partial charge on any atom is -0.399 e. The zero-order valence-corrected chi connectivity index (χ0v) is 11.2. The first-order chi connectivity index (χ1) is 9.63. The lowest BCUT2D eigenvalue weighted by Crippen LogP contribution is -1.94. The molecule has 3 aromatic rings. The van der Waals surface area contributed by atoms with Crippen molar-refractivity contribution in [3.63, 3.8) is 0 Å². The van der Waals surface area contributed by atoms with Gasteiger partial charge in [0.2, 0.25) is 0 Å². The van der Waals surface area contributed by atoms with Crippen molar-refractivity contribution in [2.24, 2.45) is 0 Å². The largest absolute Gasteiger partial charge is 0.399 e. The summed E-state index contributed by atoms with van der Waals surface area (Å²) < 4.78 is 13.4. The van der Waals surface area contributed by atoms with Crippen LogP contribution in [0, 0.1) is 5.82 Å². The molecule has 0 unspecified atom stereocenters. The summed E-state index contributed by atoms with van der Waals surface area (Å²) in [7, 11) is 0. The normalized spacial score (nSPS) is 10.7. The van der Waals surface area contributed by atoms with Gasteiger partial charge in [-0.2, -0.15) is 0 Å². The molecule has 3 nitrogen and oxygen atoms in total. The summed E-state index contributed by atoms with van der Waals surface area (Å²) in [4.78, 5) is 4.26. The number of halogens is 2. The molecule has 20 heavy (non-hydrogen) atoms. The van der Waals surface area contributed by atoms with E-state index in [4.69, 9.17) is 17.3 Å². The highest BCUT2D eigenvalue weighted by atomic mass is 35.5. The number of rotatable bonds is 2. The van der Waals surface area contributed by atoms with Crippen LogP contribution in [0.5, 0.6) is 0 Å². The Balaban J connectivity index is 2.04. The van der Waals surface area contributed by atoms with Gasteiger partial charge in [0.05, 0.1) is 10.5 Å². The summed E-state index contributed by atoms with van der Waals surface area (Å²) in [6.07, 6.45) is 1.68. The van der Waals surface area contributed by atoms with Crippen LogP contribution in [0.2, 0.25) is 5.02 Å². The van der Waals surface area contributed by atoms with E-state index in [0.29, 0.717) is 11.4 Å². The van der Waals surface area contributed by atoms with Crippen molar-refractivity contribution in [3.8, 4) is 0 Å². The van der Waals surface area contributed by atoms with Crippen molar-refractivity contribution >= 4 is 39.6 Å². The highest BCUT2D eigenvalue weighted by Gasteiger charge is 2.05. The number of aromatic nitrogens is 1. The Morgan fingerprint density at radius 3 is 2.75 bits per heavy atom. The third-order valence-electron chi connectivity index (χ3n) is 2.97. The van der Waals surface area contributed by atoms with E-state index < -0.39 is 5.82 Å². The fourth-order valence-electron chi connectivity index (χ4n) is 2.00. The highest BCUT2D eigenvalue weighted by Crippen LogP contribution is 2.27. The van der Waals surface area contributed by atoms with Gasteiger partial charge in [-0.25, -0.2) is 4.39 Å². The van der Waals surface area contributed by atoms with Gasteiger partial charge in [-0.15, -0.1) is 0 Å². The molecule has 5 heteroatoms. The van der Waals surface area contributed by atoms with E-state index in [1.165, 1.54) is 12.1 Å². The number of nitrogens with zero attached hydrogens (tertiary/aromatic N) is 1. The Morgan fingerprint density at radius 1 is 1.10 bits per heavy atom. The molecule has 0 aliphatic rings. The first-order valence-electron chi connectivity index (χ1n) is 6.00. The minimum atomic E-state index is -0.459. The lowest BCUT2D eigenvalue weighted by molar-refractivity contribution is 0.629. The quantitative estimate of drug-likeness (QED) is 0.689. The van der Waals surface area contributed by atoms with Crippen LogP contribution in [0.1, 0.15) is 0 Å². The van der Waals surface area contributed by atoms with Crippen LogP contribution >= 0.6 is 11.6 Å². The Labute approximate surface area is 120 Å². The van der Waals surface area contributed by atoms with Gasteiger partial charge in [-0.3, -0.25) is 4.98 Å². The van der Waals surface area contributed by atoms with Crippen molar-refractivity contribution in [2.75, 3.05) is 11.1 Å². The third-order valence-corrected chi connectivity index (χ3v) is 3.27. The van der Waals surface area contributed by atoms with Crippen molar-refractivity contribution in [1.82, 2.24) is 4.98 Å². The number of hydrogen-bond donors (Lipinski definition) is 2. The zero-order chi connectivity index (χ0) is 14.1. The maximum absolute atomic E-state index is 13.4. The number of benzene rings is 2. The van der Waals surface area contributed by atoms with E-state index in [1.54, 1.807) is 24.4 Å². The van der Waals surface area contributed by atoms with Gasteiger partial charge in [0.15, 0.2) is 0 Å². The molecule has 0 fully saturated rings. The summed E-state index contributed by atoms with van der Waals surface area (Å²) in [5.41, 5.74) is 8.62. The Bertz CT molecular complexity index is 789. The second-order valence-corrected chi connectivity index (χ2v) is 4.80. The van der Waals surface area contributed by atoms with Crippen molar-refractivity contribution in [2.45, 2.75) is 0 Å². The standard InChI is InChI=1S/C15H11ClFN3/c16-12-4-2-10(8-13(12)17)20-14-5-6-19-15-7-9(18)1-3-11(14)15/h1-8H,18H2,(H,19,20). The van der Waals surface area contributed by atoms with Crippen LogP contribution in [-0.2, 0) is 0 Å². The Kier molecular flexibility index (Phi) is 3.16. The maximum Gasteiger partial charge on any atom is 0.143 e. The summed E-state index contributed by atoms with van der Waals surface area (Å²) in [5, 5.41) is 4.17. The van der Waals surface area contributed by atoms with Crippen LogP contribution < -0.4 is 11.1 Å². The molecular weight excluding hydrogens is 277 g/mol. The van der Waals surface area contributed by atoms with E-state index in [0.717, 1.165) is 16.6 Å². The van der Waals surface area contributed by atoms with Crippen molar-refractivity contribution in [1.29, 1.82) is 0 Å². The fourth-order valence-corrected chi connectivity index (χ4v) is 2.12. The lowest BCUT2D eigenvalue weighted by atomic mass is 10.1. The van der Waals surface area contributed by atoms with Gasteiger partial charge >= 0.3 is 0 Å². The molecule has 0 saturated heterocycles. The predicted molar refractivity (Wildman–Crippen MR) is 80.8 cm³/mol. The molecule has 0 amide bonds. The zero-order valence-electron chi connectivity index (χ0n) is 10.4. The van der Waals surface area contributed by atoms with Crippen LogP contribution in [0.15, 0.2) is 48.7 Å². The average Bonchev–Trinajstić information content (AvgIpc) is 2.43. The minimum absolute atomic E-state index is 0.0999.